The lowest BCUT2D eigenvalue weighted by atomic mass is 9.98. The molecule has 3 rings (SSSR count). The first-order chi connectivity index (χ1) is 10.2. The maximum Gasteiger partial charge on any atom is 0.0951 e. The molecule has 2 saturated heterocycles. The van der Waals surface area contributed by atoms with E-state index >= 15 is 0 Å². The third-order valence-corrected chi connectivity index (χ3v) is 5.13. The van der Waals surface area contributed by atoms with E-state index in [-0.39, 0.29) is 0 Å². The molecule has 0 spiro atoms. The molecule has 0 aromatic carbocycles. The van der Waals surface area contributed by atoms with Crippen molar-refractivity contribution in [2.45, 2.75) is 51.2 Å². The van der Waals surface area contributed by atoms with Crippen LogP contribution in [0.2, 0.25) is 0 Å². The normalized spacial score (nSPS) is 26.0. The van der Waals surface area contributed by atoms with E-state index in [0.717, 1.165) is 19.1 Å². The Morgan fingerprint density at radius 2 is 2.14 bits per heavy atom. The smallest absolute Gasteiger partial charge is 0.0951 e. The summed E-state index contributed by atoms with van der Waals surface area (Å²) in [5, 5.41) is 0. The van der Waals surface area contributed by atoms with Crippen LogP contribution in [0.4, 0.5) is 0 Å². The van der Waals surface area contributed by atoms with Crippen molar-refractivity contribution < 1.29 is 0 Å². The summed E-state index contributed by atoms with van der Waals surface area (Å²) in [4.78, 5) is 9.62. The Hall–Kier alpha value is -0.910. The fraction of sp³-hybridized carbons (Fsp3) is 0.812. The van der Waals surface area contributed by atoms with E-state index in [1.807, 2.05) is 12.5 Å². The monoisotopic (exact) mass is 291 g/mol. The molecule has 0 bridgehead atoms. The summed E-state index contributed by atoms with van der Waals surface area (Å²) < 4.78 is 2.27. The van der Waals surface area contributed by atoms with Crippen LogP contribution < -0.4 is 5.73 Å². The van der Waals surface area contributed by atoms with Crippen molar-refractivity contribution in [3.63, 3.8) is 0 Å². The van der Waals surface area contributed by atoms with Crippen molar-refractivity contribution in [3.05, 3.63) is 18.2 Å². The van der Waals surface area contributed by atoms with Gasteiger partial charge in [-0.1, -0.05) is 6.42 Å². The molecular weight excluding hydrogens is 262 g/mol. The van der Waals surface area contributed by atoms with E-state index in [9.17, 15) is 0 Å². The first-order valence-corrected chi connectivity index (χ1v) is 8.40. The molecular formula is C16H29N5. The zero-order valence-corrected chi connectivity index (χ0v) is 13.4. The van der Waals surface area contributed by atoms with Gasteiger partial charge in [0.15, 0.2) is 0 Å². The van der Waals surface area contributed by atoms with Crippen LogP contribution in [0.1, 0.15) is 50.9 Å². The van der Waals surface area contributed by atoms with Gasteiger partial charge in [-0.15, -0.1) is 0 Å². The molecule has 2 atom stereocenters. The molecule has 0 saturated carbocycles. The average molecular weight is 291 g/mol. The average Bonchev–Trinajstić information content (AvgIpc) is 2.97. The summed E-state index contributed by atoms with van der Waals surface area (Å²) in [5.41, 5.74) is 7.41. The Morgan fingerprint density at radius 3 is 2.90 bits per heavy atom. The molecule has 5 nitrogen and oxygen atoms in total. The molecule has 1 aromatic rings. The first kappa shape index (κ1) is 15.0. The van der Waals surface area contributed by atoms with Gasteiger partial charge >= 0.3 is 0 Å². The van der Waals surface area contributed by atoms with E-state index in [1.165, 1.54) is 38.0 Å². The maximum absolute atomic E-state index is 6.14. The van der Waals surface area contributed by atoms with E-state index in [1.54, 1.807) is 0 Å². The molecule has 2 unspecified atom stereocenters. The van der Waals surface area contributed by atoms with Crippen LogP contribution in [0.25, 0.3) is 0 Å². The van der Waals surface area contributed by atoms with Gasteiger partial charge in [0, 0.05) is 44.5 Å². The fourth-order valence-electron chi connectivity index (χ4n) is 3.92. The second kappa shape index (κ2) is 6.46. The predicted octanol–water partition coefficient (Wildman–Crippen LogP) is 1.63. The summed E-state index contributed by atoms with van der Waals surface area (Å²) in [6.45, 7) is 9.85. The number of fused-ring (bicyclic) bond motifs is 1. The zero-order chi connectivity index (χ0) is 14.8. The van der Waals surface area contributed by atoms with Crippen molar-refractivity contribution >= 4 is 0 Å². The number of imidazole rings is 1. The van der Waals surface area contributed by atoms with Crippen molar-refractivity contribution in [2.75, 3.05) is 32.7 Å². The quantitative estimate of drug-likeness (QED) is 0.916. The van der Waals surface area contributed by atoms with Crippen LogP contribution in [0.3, 0.4) is 0 Å². The van der Waals surface area contributed by atoms with E-state index < -0.39 is 0 Å². The third kappa shape index (κ3) is 3.00. The van der Waals surface area contributed by atoms with Gasteiger partial charge in [0.1, 0.15) is 0 Å². The molecule has 118 valence electrons. The highest BCUT2D eigenvalue weighted by Crippen LogP contribution is 2.28. The molecule has 0 aliphatic carbocycles. The molecule has 1 aromatic heterocycles. The van der Waals surface area contributed by atoms with E-state index in [4.69, 9.17) is 5.73 Å². The minimum absolute atomic E-state index is 0.305. The van der Waals surface area contributed by atoms with Crippen LogP contribution in [-0.2, 0) is 0 Å². The van der Waals surface area contributed by atoms with Crippen LogP contribution >= 0.6 is 0 Å². The standard InChI is InChI=1S/C16H29N5/c1-13(2)21-12-18-10-16(21)15(9-17)20-8-7-19-6-4-3-5-14(19)11-20/h10,12-15H,3-9,11,17H2,1-2H3. The second-order valence-corrected chi connectivity index (χ2v) is 6.75. The number of nitrogens with zero attached hydrogens (tertiary/aromatic N) is 4. The van der Waals surface area contributed by atoms with Crippen LogP contribution in [-0.4, -0.2) is 58.1 Å². The summed E-state index contributed by atoms with van der Waals surface area (Å²) in [6.07, 6.45) is 8.05. The molecule has 0 radical (unpaired) electrons. The van der Waals surface area contributed by atoms with Gasteiger partial charge in [0.05, 0.1) is 18.1 Å². The lowest BCUT2D eigenvalue weighted by molar-refractivity contribution is 0.0268. The fourth-order valence-corrected chi connectivity index (χ4v) is 3.92. The Kier molecular flexibility index (Phi) is 4.62. The number of nitrogens with two attached hydrogens (primary N) is 1. The summed E-state index contributed by atoms with van der Waals surface area (Å²) in [6, 6.07) is 1.48. The molecule has 2 aliphatic heterocycles. The topological polar surface area (TPSA) is 50.3 Å². The third-order valence-electron chi connectivity index (χ3n) is 5.13. The Labute approximate surface area is 128 Å². The molecule has 21 heavy (non-hydrogen) atoms. The maximum atomic E-state index is 6.14. The molecule has 5 heteroatoms. The highest BCUT2D eigenvalue weighted by molar-refractivity contribution is 5.09. The zero-order valence-electron chi connectivity index (χ0n) is 13.4. The Bertz CT molecular complexity index is 455. The first-order valence-electron chi connectivity index (χ1n) is 8.40. The van der Waals surface area contributed by atoms with E-state index in [0.29, 0.717) is 18.6 Å². The van der Waals surface area contributed by atoms with Gasteiger partial charge in [-0.3, -0.25) is 9.80 Å². The van der Waals surface area contributed by atoms with Crippen LogP contribution in [0, 0.1) is 0 Å². The lowest BCUT2D eigenvalue weighted by Crippen LogP contribution is -2.56. The number of hydrogen-bond donors (Lipinski definition) is 1. The molecule has 2 aliphatic rings. The number of hydrogen-bond acceptors (Lipinski definition) is 4. The number of aromatic nitrogens is 2. The van der Waals surface area contributed by atoms with Gasteiger partial charge in [-0.05, 0) is 33.2 Å². The van der Waals surface area contributed by atoms with Gasteiger partial charge in [0.25, 0.3) is 0 Å². The minimum atomic E-state index is 0.305. The summed E-state index contributed by atoms with van der Waals surface area (Å²) >= 11 is 0. The number of rotatable bonds is 4. The minimum Gasteiger partial charge on any atom is -0.331 e. The highest BCUT2D eigenvalue weighted by atomic mass is 15.3. The largest absolute Gasteiger partial charge is 0.331 e. The lowest BCUT2D eigenvalue weighted by Gasteiger charge is -2.46. The molecule has 0 amide bonds. The van der Waals surface area contributed by atoms with Crippen LogP contribution in [0.15, 0.2) is 12.5 Å². The molecule has 3 heterocycles. The SMILES string of the molecule is CC(C)n1cncc1C(CN)N1CCN2CCCCC2C1. The highest BCUT2D eigenvalue weighted by Gasteiger charge is 2.33. The number of piperidine rings is 1. The van der Waals surface area contributed by atoms with E-state index in [2.05, 4.69) is 33.2 Å². The summed E-state index contributed by atoms with van der Waals surface area (Å²) in [5.74, 6) is 0. The van der Waals surface area contributed by atoms with Gasteiger partial charge in [0.2, 0.25) is 0 Å². The Balaban J connectivity index is 1.75. The van der Waals surface area contributed by atoms with Gasteiger partial charge in [-0.2, -0.15) is 0 Å². The summed E-state index contributed by atoms with van der Waals surface area (Å²) in [7, 11) is 0. The van der Waals surface area contributed by atoms with Crippen molar-refractivity contribution in [2.24, 2.45) is 5.73 Å². The Morgan fingerprint density at radius 1 is 1.29 bits per heavy atom. The molecule has 2 fully saturated rings. The molecule has 2 N–H and O–H groups in total. The van der Waals surface area contributed by atoms with Crippen molar-refractivity contribution in [1.29, 1.82) is 0 Å². The number of piperazine rings is 1. The predicted molar refractivity (Wildman–Crippen MR) is 85.2 cm³/mol. The van der Waals surface area contributed by atoms with Crippen molar-refractivity contribution in [1.82, 2.24) is 19.4 Å². The second-order valence-electron chi connectivity index (χ2n) is 6.75. The van der Waals surface area contributed by atoms with Gasteiger partial charge in [-0.25, -0.2) is 4.98 Å². The van der Waals surface area contributed by atoms with Gasteiger partial charge < -0.3 is 10.3 Å². The van der Waals surface area contributed by atoms with Crippen molar-refractivity contribution in [3.8, 4) is 0 Å². The van der Waals surface area contributed by atoms with Crippen LogP contribution in [0.5, 0.6) is 0 Å².